The van der Waals surface area contributed by atoms with Gasteiger partial charge in [0, 0.05) is 24.7 Å². The number of carbonyl (C=O) groups is 1. The average Bonchev–Trinajstić information content (AvgIpc) is 3.38. The number of fused-ring (bicyclic) bond motifs is 1. The molecule has 3 N–H and O–H groups in total. The van der Waals surface area contributed by atoms with Crippen LogP contribution in [0, 0.1) is 17.7 Å². The number of hydrogen-bond acceptors (Lipinski definition) is 4. The number of nitrogens with zero attached hydrogens (tertiary/aromatic N) is 3. The number of aromatic nitrogens is 2. The van der Waals surface area contributed by atoms with Crippen LogP contribution < -0.4 is 11.1 Å². The van der Waals surface area contributed by atoms with E-state index in [9.17, 15) is 9.18 Å². The van der Waals surface area contributed by atoms with E-state index < -0.39 is 5.82 Å². The zero-order chi connectivity index (χ0) is 22.3. The maximum absolute atomic E-state index is 13.4. The molecule has 6 nitrogen and oxygen atoms in total. The molecule has 1 heterocycles. The Balaban J connectivity index is 1.51. The fourth-order valence-electron chi connectivity index (χ4n) is 5.69. The van der Waals surface area contributed by atoms with Crippen LogP contribution in [0.2, 0.25) is 5.02 Å². The van der Waals surface area contributed by atoms with E-state index in [1.54, 1.807) is 11.7 Å². The number of nitrogen functional groups attached to an aromatic ring is 1. The Hall–Kier alpha value is -2.12. The first kappa shape index (κ1) is 22.1. The number of nitrogens with two attached hydrogens (primary N) is 1. The van der Waals surface area contributed by atoms with Crippen molar-refractivity contribution in [3.8, 4) is 0 Å². The summed E-state index contributed by atoms with van der Waals surface area (Å²) in [7, 11) is 1.76. The smallest absolute Gasteiger partial charge is 0.261 e. The molecule has 1 amide bonds. The van der Waals surface area contributed by atoms with Crippen LogP contribution in [0.15, 0.2) is 18.2 Å². The molecule has 1 aromatic carbocycles. The topological polar surface area (TPSA) is 76.2 Å². The molecular weight excluding hydrogens is 417 g/mol. The third-order valence-corrected chi connectivity index (χ3v) is 7.52. The van der Waals surface area contributed by atoms with Crippen molar-refractivity contribution >= 4 is 29.0 Å². The molecule has 2 aliphatic rings. The SMILES string of the molecule is CCN(CC)C1CC2CC(c3nn(C)c(N)c3C(=O)Nc3ccc(F)c(Cl)c3)CC2C1. The lowest BCUT2D eigenvalue weighted by Crippen LogP contribution is -2.33. The zero-order valence-electron chi connectivity index (χ0n) is 18.4. The molecule has 2 atom stereocenters. The lowest BCUT2D eigenvalue weighted by atomic mass is 9.95. The fourth-order valence-corrected chi connectivity index (χ4v) is 5.87. The highest BCUT2D eigenvalue weighted by molar-refractivity contribution is 6.31. The van der Waals surface area contributed by atoms with Gasteiger partial charge >= 0.3 is 0 Å². The Morgan fingerprint density at radius 1 is 1.26 bits per heavy atom. The zero-order valence-corrected chi connectivity index (χ0v) is 19.1. The number of nitrogens with one attached hydrogen (secondary N) is 1. The summed E-state index contributed by atoms with van der Waals surface area (Å²) in [6.07, 6.45) is 4.53. The standard InChI is InChI=1S/C23H31ClFN5O/c1-4-30(5-2)17-10-13-8-15(9-14(13)11-17)21-20(22(26)29(3)28-21)23(31)27-16-6-7-19(25)18(24)12-16/h6-7,12-15,17H,4-5,8-11,26H2,1-3H3,(H,27,31). The summed E-state index contributed by atoms with van der Waals surface area (Å²) < 4.78 is 15.0. The quantitative estimate of drug-likeness (QED) is 0.675. The molecule has 2 fully saturated rings. The van der Waals surface area contributed by atoms with Gasteiger partial charge in [-0.3, -0.25) is 9.48 Å². The van der Waals surface area contributed by atoms with Crippen LogP contribution in [0.25, 0.3) is 0 Å². The van der Waals surface area contributed by atoms with Crippen molar-refractivity contribution in [2.24, 2.45) is 18.9 Å². The minimum atomic E-state index is -0.526. The van der Waals surface area contributed by atoms with Gasteiger partial charge in [-0.25, -0.2) is 4.39 Å². The van der Waals surface area contributed by atoms with Gasteiger partial charge in [0.1, 0.15) is 17.2 Å². The van der Waals surface area contributed by atoms with Gasteiger partial charge in [-0.05, 0) is 68.8 Å². The van der Waals surface area contributed by atoms with Crippen LogP contribution in [0.5, 0.6) is 0 Å². The highest BCUT2D eigenvalue weighted by atomic mass is 35.5. The van der Waals surface area contributed by atoms with Crippen molar-refractivity contribution in [2.75, 3.05) is 24.1 Å². The molecule has 0 radical (unpaired) electrons. The Bertz CT molecular complexity index is 959. The van der Waals surface area contributed by atoms with E-state index in [1.165, 1.54) is 31.0 Å². The summed E-state index contributed by atoms with van der Waals surface area (Å²) in [5.74, 6) is 1.06. The normalized spacial score (nSPS) is 25.2. The van der Waals surface area contributed by atoms with Crippen LogP contribution in [-0.4, -0.2) is 39.7 Å². The molecule has 8 heteroatoms. The minimum absolute atomic E-state index is 0.0384. The summed E-state index contributed by atoms with van der Waals surface area (Å²) in [6, 6.07) is 4.79. The van der Waals surface area contributed by atoms with Gasteiger partial charge in [-0.15, -0.1) is 0 Å². The van der Waals surface area contributed by atoms with Crippen molar-refractivity contribution in [3.63, 3.8) is 0 Å². The monoisotopic (exact) mass is 447 g/mol. The predicted molar refractivity (Wildman–Crippen MR) is 122 cm³/mol. The molecule has 0 bridgehead atoms. The maximum Gasteiger partial charge on any atom is 0.261 e. The summed E-state index contributed by atoms with van der Waals surface area (Å²) in [5.41, 5.74) is 7.87. The number of benzene rings is 1. The van der Waals surface area contributed by atoms with E-state index in [2.05, 4.69) is 29.2 Å². The second-order valence-electron chi connectivity index (χ2n) is 8.89. The Labute approximate surface area is 187 Å². The highest BCUT2D eigenvalue weighted by Crippen LogP contribution is 2.52. The summed E-state index contributed by atoms with van der Waals surface area (Å²) >= 11 is 5.85. The molecule has 1 aromatic heterocycles. The van der Waals surface area contributed by atoms with Crippen molar-refractivity contribution in [1.82, 2.24) is 14.7 Å². The van der Waals surface area contributed by atoms with Crippen molar-refractivity contribution in [1.29, 1.82) is 0 Å². The lowest BCUT2D eigenvalue weighted by Gasteiger charge is -2.27. The second kappa shape index (κ2) is 8.79. The third kappa shape index (κ3) is 4.17. The van der Waals surface area contributed by atoms with Gasteiger partial charge in [0.15, 0.2) is 0 Å². The van der Waals surface area contributed by atoms with Crippen molar-refractivity contribution in [2.45, 2.75) is 51.5 Å². The Kier molecular flexibility index (Phi) is 6.26. The van der Waals surface area contributed by atoms with Crippen LogP contribution >= 0.6 is 11.6 Å². The van der Waals surface area contributed by atoms with Crippen LogP contribution in [-0.2, 0) is 7.05 Å². The highest BCUT2D eigenvalue weighted by Gasteiger charge is 2.45. The van der Waals surface area contributed by atoms with Crippen LogP contribution in [0.4, 0.5) is 15.9 Å². The molecule has 4 rings (SSSR count). The molecule has 2 aliphatic carbocycles. The molecular formula is C23H31ClFN5O. The van der Waals surface area contributed by atoms with E-state index in [-0.39, 0.29) is 16.8 Å². The van der Waals surface area contributed by atoms with E-state index in [4.69, 9.17) is 17.3 Å². The number of rotatable bonds is 6. The van der Waals surface area contributed by atoms with Gasteiger partial charge in [0.25, 0.3) is 5.91 Å². The lowest BCUT2D eigenvalue weighted by molar-refractivity contribution is 0.102. The minimum Gasteiger partial charge on any atom is -0.383 e. The first-order chi connectivity index (χ1) is 14.8. The largest absolute Gasteiger partial charge is 0.383 e. The average molecular weight is 448 g/mol. The second-order valence-corrected chi connectivity index (χ2v) is 9.29. The molecule has 31 heavy (non-hydrogen) atoms. The molecule has 168 valence electrons. The Morgan fingerprint density at radius 2 is 1.90 bits per heavy atom. The number of halogens is 2. The molecule has 0 saturated heterocycles. The van der Waals surface area contributed by atoms with E-state index >= 15 is 0 Å². The maximum atomic E-state index is 13.4. The fraction of sp³-hybridized carbons (Fsp3) is 0.565. The van der Waals surface area contributed by atoms with E-state index in [0.717, 1.165) is 31.6 Å². The number of amides is 1. The van der Waals surface area contributed by atoms with Crippen LogP contribution in [0.3, 0.4) is 0 Å². The summed E-state index contributed by atoms with van der Waals surface area (Å²) in [6.45, 7) is 6.66. The van der Waals surface area contributed by atoms with Gasteiger partial charge in [-0.2, -0.15) is 5.10 Å². The number of aryl methyl sites for hydroxylation is 1. The molecule has 0 spiro atoms. The molecule has 2 aromatic rings. The first-order valence-corrected chi connectivity index (χ1v) is 11.5. The summed E-state index contributed by atoms with van der Waals surface area (Å²) in [4.78, 5) is 15.7. The molecule has 2 saturated carbocycles. The summed E-state index contributed by atoms with van der Waals surface area (Å²) in [5, 5.41) is 7.40. The van der Waals surface area contributed by atoms with E-state index in [0.29, 0.717) is 34.9 Å². The number of hydrogen-bond donors (Lipinski definition) is 2. The molecule has 0 aliphatic heterocycles. The first-order valence-electron chi connectivity index (χ1n) is 11.1. The van der Waals surface area contributed by atoms with Gasteiger partial charge in [0.05, 0.1) is 10.7 Å². The molecule has 2 unspecified atom stereocenters. The van der Waals surface area contributed by atoms with Gasteiger partial charge in [-0.1, -0.05) is 25.4 Å². The van der Waals surface area contributed by atoms with Gasteiger partial charge in [0.2, 0.25) is 0 Å². The predicted octanol–water partition coefficient (Wildman–Crippen LogP) is 4.66. The van der Waals surface area contributed by atoms with E-state index in [1.807, 2.05) is 0 Å². The Morgan fingerprint density at radius 3 is 2.48 bits per heavy atom. The van der Waals surface area contributed by atoms with Crippen molar-refractivity contribution < 1.29 is 9.18 Å². The van der Waals surface area contributed by atoms with Crippen molar-refractivity contribution in [3.05, 3.63) is 40.3 Å². The number of anilines is 2. The van der Waals surface area contributed by atoms with Gasteiger partial charge < -0.3 is 16.0 Å². The number of carbonyl (C=O) groups excluding carboxylic acids is 1. The third-order valence-electron chi connectivity index (χ3n) is 7.23. The van der Waals surface area contributed by atoms with Crippen LogP contribution in [0.1, 0.15) is 61.5 Å².